The molecule has 0 aliphatic carbocycles. The molecule has 1 aliphatic rings. The maximum absolute atomic E-state index is 12.3. The number of rotatable bonds is 4. The minimum Gasteiger partial charge on any atom is -0.480 e. The van der Waals surface area contributed by atoms with Gasteiger partial charge < -0.3 is 5.11 Å². The number of hydrogen-bond donors (Lipinski definition) is 2. The molecule has 1 atom stereocenters. The molecule has 1 aromatic rings. The van der Waals surface area contributed by atoms with Crippen LogP contribution in [-0.4, -0.2) is 41.4 Å². The molecule has 1 aliphatic heterocycles. The highest BCUT2D eigenvalue weighted by Crippen LogP contribution is 2.25. The van der Waals surface area contributed by atoms with Gasteiger partial charge in [-0.3, -0.25) is 14.5 Å². The molecule has 1 fully saturated rings. The molecule has 1 unspecified atom stereocenters. The van der Waals surface area contributed by atoms with Crippen molar-refractivity contribution in [2.75, 3.05) is 11.3 Å². The largest absolute Gasteiger partial charge is 0.480 e. The molecular weight excluding hydrogens is 350 g/mol. The number of anilines is 1. The fraction of sp³-hybridized carbons (Fsp3) is 0.455. The lowest BCUT2D eigenvalue weighted by atomic mass is 10.1. The summed E-state index contributed by atoms with van der Waals surface area (Å²) >= 11 is 3.19. The number of piperidine rings is 1. The van der Waals surface area contributed by atoms with E-state index in [9.17, 15) is 13.2 Å². The molecule has 2 rings (SSSR count). The molecule has 0 amide bonds. The number of nitrogens with one attached hydrogen (secondary N) is 1. The van der Waals surface area contributed by atoms with Crippen molar-refractivity contribution >= 4 is 37.8 Å². The van der Waals surface area contributed by atoms with Gasteiger partial charge in [-0.25, -0.2) is 0 Å². The number of aliphatic carboxylic acids is 1. The van der Waals surface area contributed by atoms with Crippen molar-refractivity contribution < 1.29 is 18.3 Å². The van der Waals surface area contributed by atoms with Crippen molar-refractivity contribution in [3.8, 4) is 0 Å². The smallest absolute Gasteiger partial charge is 0.322 e. The highest BCUT2D eigenvalue weighted by Gasteiger charge is 2.36. The summed E-state index contributed by atoms with van der Waals surface area (Å²) < 4.78 is 28.6. The Hall–Kier alpha value is -1.19. The Morgan fingerprint density at radius 3 is 2.90 bits per heavy atom. The van der Waals surface area contributed by atoms with Gasteiger partial charge in [0.05, 0.1) is 10.2 Å². The lowest BCUT2D eigenvalue weighted by molar-refractivity contribution is -0.142. The highest BCUT2D eigenvalue weighted by molar-refractivity contribution is 9.10. The molecule has 0 spiro atoms. The van der Waals surface area contributed by atoms with Crippen LogP contribution >= 0.6 is 15.9 Å². The summed E-state index contributed by atoms with van der Waals surface area (Å²) in [7, 11) is -3.91. The minimum atomic E-state index is -3.91. The Kier molecular flexibility index (Phi) is 4.61. The van der Waals surface area contributed by atoms with E-state index in [1.165, 1.54) is 18.5 Å². The van der Waals surface area contributed by atoms with E-state index in [0.29, 0.717) is 29.4 Å². The summed E-state index contributed by atoms with van der Waals surface area (Å²) in [6.45, 7) is 0.203. The zero-order valence-electron chi connectivity index (χ0n) is 10.5. The summed E-state index contributed by atoms with van der Waals surface area (Å²) in [6.07, 6.45) is 4.61. The second-order valence-corrected chi connectivity index (χ2v) is 6.90. The molecule has 0 radical (unpaired) electrons. The number of hydrogen-bond acceptors (Lipinski definition) is 4. The molecule has 20 heavy (non-hydrogen) atoms. The molecule has 2 heterocycles. The van der Waals surface area contributed by atoms with Crippen LogP contribution in [0, 0.1) is 0 Å². The predicted octanol–water partition coefficient (Wildman–Crippen LogP) is 1.44. The lowest BCUT2D eigenvalue weighted by Gasteiger charge is -2.31. The summed E-state index contributed by atoms with van der Waals surface area (Å²) in [5, 5.41) is 9.14. The fourth-order valence-corrected chi connectivity index (χ4v) is 4.05. The van der Waals surface area contributed by atoms with Crippen LogP contribution in [0.2, 0.25) is 0 Å². The lowest BCUT2D eigenvalue weighted by Crippen LogP contribution is -2.49. The summed E-state index contributed by atoms with van der Waals surface area (Å²) in [6, 6.07) is 0.489. The number of halogens is 1. The van der Waals surface area contributed by atoms with E-state index < -0.39 is 22.2 Å². The molecule has 2 N–H and O–H groups in total. The summed E-state index contributed by atoms with van der Waals surface area (Å²) in [4.78, 5) is 15.0. The van der Waals surface area contributed by atoms with E-state index in [2.05, 4.69) is 25.6 Å². The number of nitrogens with zero attached hydrogens (tertiary/aromatic N) is 2. The number of carboxylic acid groups (broad SMARTS) is 1. The van der Waals surface area contributed by atoms with Gasteiger partial charge in [0, 0.05) is 18.9 Å². The monoisotopic (exact) mass is 363 g/mol. The zero-order chi connectivity index (χ0) is 14.8. The standard InChI is InChI=1S/C11H14BrN3O4S/c12-8-7-13-5-4-9(8)14-20(18,19)15-6-2-1-3-10(15)11(16)17/h4-5,7,10H,1-3,6H2,(H,13,14)(H,16,17). The Morgan fingerprint density at radius 1 is 1.50 bits per heavy atom. The number of pyridine rings is 1. The normalized spacial score (nSPS) is 20.6. The average Bonchev–Trinajstić information content (AvgIpc) is 2.41. The molecule has 7 nitrogen and oxygen atoms in total. The van der Waals surface area contributed by atoms with Gasteiger partial charge in [0.25, 0.3) is 0 Å². The van der Waals surface area contributed by atoms with Gasteiger partial charge in [0.15, 0.2) is 0 Å². The van der Waals surface area contributed by atoms with Gasteiger partial charge in [-0.2, -0.15) is 12.7 Å². The first-order valence-electron chi connectivity index (χ1n) is 6.04. The zero-order valence-corrected chi connectivity index (χ0v) is 12.9. The first-order valence-corrected chi connectivity index (χ1v) is 8.27. The second-order valence-electron chi connectivity index (χ2n) is 4.42. The number of carbonyl (C=O) groups is 1. The van der Waals surface area contributed by atoms with Gasteiger partial charge in [0.2, 0.25) is 0 Å². The van der Waals surface area contributed by atoms with E-state index in [4.69, 9.17) is 5.11 Å². The van der Waals surface area contributed by atoms with Crippen LogP contribution in [0.15, 0.2) is 22.9 Å². The Morgan fingerprint density at radius 2 is 2.25 bits per heavy atom. The topological polar surface area (TPSA) is 99.6 Å². The highest BCUT2D eigenvalue weighted by atomic mass is 79.9. The van der Waals surface area contributed by atoms with Crippen LogP contribution in [0.3, 0.4) is 0 Å². The van der Waals surface area contributed by atoms with Gasteiger partial charge in [-0.1, -0.05) is 0 Å². The molecule has 110 valence electrons. The first-order chi connectivity index (χ1) is 9.42. The van der Waals surface area contributed by atoms with Crippen LogP contribution in [0.5, 0.6) is 0 Å². The van der Waals surface area contributed by atoms with Gasteiger partial charge in [-0.05, 0) is 41.3 Å². The summed E-state index contributed by atoms with van der Waals surface area (Å²) in [5.74, 6) is -1.12. The van der Waals surface area contributed by atoms with Crippen LogP contribution < -0.4 is 4.72 Å². The molecule has 0 aromatic carbocycles. The SMILES string of the molecule is O=C(O)C1CCCCN1S(=O)(=O)Nc1ccncc1Br. The Labute approximate surface area is 125 Å². The van der Waals surface area contributed by atoms with Gasteiger partial charge in [-0.15, -0.1) is 0 Å². The van der Waals surface area contributed by atoms with E-state index in [-0.39, 0.29) is 6.54 Å². The minimum absolute atomic E-state index is 0.203. The molecular formula is C11H14BrN3O4S. The second kappa shape index (κ2) is 6.06. The van der Waals surface area contributed by atoms with Gasteiger partial charge in [0.1, 0.15) is 6.04 Å². The van der Waals surface area contributed by atoms with E-state index in [1.807, 2.05) is 0 Å². The third kappa shape index (κ3) is 3.28. The van der Waals surface area contributed by atoms with E-state index in [0.717, 1.165) is 4.31 Å². The molecule has 9 heteroatoms. The summed E-state index contributed by atoms with van der Waals surface area (Å²) in [5.41, 5.74) is 0.328. The maximum Gasteiger partial charge on any atom is 0.322 e. The molecule has 1 saturated heterocycles. The van der Waals surface area contributed by atoms with Crippen LogP contribution in [0.4, 0.5) is 5.69 Å². The number of carboxylic acids is 1. The molecule has 1 aromatic heterocycles. The Bertz CT molecular complexity index is 607. The van der Waals surface area contributed by atoms with E-state index >= 15 is 0 Å². The maximum atomic E-state index is 12.3. The van der Waals surface area contributed by atoms with Crippen LogP contribution in [0.25, 0.3) is 0 Å². The Balaban J connectivity index is 2.25. The predicted molar refractivity (Wildman–Crippen MR) is 76.5 cm³/mol. The van der Waals surface area contributed by atoms with Crippen LogP contribution in [0.1, 0.15) is 19.3 Å². The fourth-order valence-electron chi connectivity index (χ4n) is 2.10. The third-order valence-corrected chi connectivity index (χ3v) is 5.22. The third-order valence-electron chi connectivity index (χ3n) is 3.06. The molecule has 0 bridgehead atoms. The van der Waals surface area contributed by atoms with Crippen molar-refractivity contribution in [3.63, 3.8) is 0 Å². The van der Waals surface area contributed by atoms with Crippen molar-refractivity contribution in [2.45, 2.75) is 25.3 Å². The molecule has 0 saturated carbocycles. The van der Waals surface area contributed by atoms with Crippen molar-refractivity contribution in [1.82, 2.24) is 9.29 Å². The van der Waals surface area contributed by atoms with Crippen molar-refractivity contribution in [2.24, 2.45) is 0 Å². The first kappa shape index (κ1) is 15.2. The quantitative estimate of drug-likeness (QED) is 0.842. The van der Waals surface area contributed by atoms with Crippen molar-refractivity contribution in [1.29, 1.82) is 0 Å². The van der Waals surface area contributed by atoms with Crippen LogP contribution in [-0.2, 0) is 15.0 Å². The average molecular weight is 364 g/mol. The van der Waals surface area contributed by atoms with Gasteiger partial charge >= 0.3 is 16.2 Å². The van der Waals surface area contributed by atoms with Crippen molar-refractivity contribution in [3.05, 3.63) is 22.9 Å². The number of aromatic nitrogens is 1. The van der Waals surface area contributed by atoms with E-state index in [1.54, 1.807) is 0 Å².